The van der Waals surface area contributed by atoms with Crippen LogP contribution >= 0.6 is 0 Å². The van der Waals surface area contributed by atoms with Crippen LogP contribution in [0.3, 0.4) is 0 Å². The number of nitrogens with zero attached hydrogens (tertiary/aromatic N) is 2. The van der Waals surface area contributed by atoms with Gasteiger partial charge >= 0.3 is 0 Å². The van der Waals surface area contributed by atoms with Crippen LogP contribution in [0.25, 0.3) is 0 Å². The standard InChI is InChI=1S/C22H32N2O4S/c1-27-19-3-4-20(28-2)21(14-19)29(25,26)24-7-5-23(6-8-24)22-17-10-15-9-16(12-17)13-18(22)11-15/h3-4,14-18,22H,5-13H2,1-2H3. The zero-order chi connectivity index (χ0) is 20.2. The summed E-state index contributed by atoms with van der Waals surface area (Å²) >= 11 is 0. The molecule has 0 N–H and O–H groups in total. The molecule has 7 heteroatoms. The van der Waals surface area contributed by atoms with E-state index in [1.165, 1.54) is 39.2 Å². The second kappa shape index (κ2) is 7.43. The molecule has 1 saturated heterocycles. The van der Waals surface area contributed by atoms with E-state index in [0.29, 0.717) is 30.6 Å². The number of methoxy groups -OCH3 is 2. The maximum atomic E-state index is 13.3. The fourth-order valence-electron chi connectivity index (χ4n) is 6.86. The maximum absolute atomic E-state index is 13.3. The molecule has 5 aliphatic rings. The van der Waals surface area contributed by atoms with Crippen molar-refractivity contribution in [2.24, 2.45) is 23.7 Å². The number of hydrogen-bond acceptors (Lipinski definition) is 5. The third-order valence-electron chi connectivity index (χ3n) is 7.86. The van der Waals surface area contributed by atoms with Crippen LogP contribution in [0, 0.1) is 23.7 Å². The molecule has 0 amide bonds. The summed E-state index contributed by atoms with van der Waals surface area (Å²) in [4.78, 5) is 2.81. The highest BCUT2D eigenvalue weighted by Gasteiger charge is 2.50. The van der Waals surface area contributed by atoms with Crippen molar-refractivity contribution in [1.29, 1.82) is 0 Å². The molecule has 4 saturated carbocycles. The normalized spacial score (nSPS) is 35.0. The van der Waals surface area contributed by atoms with Gasteiger partial charge in [-0.2, -0.15) is 4.31 Å². The van der Waals surface area contributed by atoms with Gasteiger partial charge < -0.3 is 9.47 Å². The van der Waals surface area contributed by atoms with Gasteiger partial charge in [-0.05, 0) is 67.9 Å². The lowest BCUT2D eigenvalue weighted by Crippen LogP contribution is -2.60. The molecular weight excluding hydrogens is 388 g/mol. The van der Waals surface area contributed by atoms with Gasteiger partial charge in [-0.3, -0.25) is 4.90 Å². The average Bonchev–Trinajstić information content (AvgIpc) is 2.73. The minimum Gasteiger partial charge on any atom is -0.497 e. The largest absolute Gasteiger partial charge is 0.497 e. The van der Waals surface area contributed by atoms with Gasteiger partial charge in [0.1, 0.15) is 16.4 Å². The first kappa shape index (κ1) is 19.6. The molecule has 4 aliphatic carbocycles. The Hall–Kier alpha value is -1.31. The molecule has 160 valence electrons. The van der Waals surface area contributed by atoms with Crippen LogP contribution in [0.4, 0.5) is 0 Å². The van der Waals surface area contributed by atoms with Crippen molar-refractivity contribution < 1.29 is 17.9 Å². The summed E-state index contributed by atoms with van der Waals surface area (Å²) in [6.07, 6.45) is 7.07. The Morgan fingerprint density at radius 2 is 1.48 bits per heavy atom. The summed E-state index contributed by atoms with van der Waals surface area (Å²) in [5, 5.41) is 0. The monoisotopic (exact) mass is 420 g/mol. The first-order valence-electron chi connectivity index (χ1n) is 11.0. The summed E-state index contributed by atoms with van der Waals surface area (Å²) in [5.41, 5.74) is 0. The molecule has 6 nitrogen and oxygen atoms in total. The predicted molar refractivity (Wildman–Crippen MR) is 111 cm³/mol. The maximum Gasteiger partial charge on any atom is 0.246 e. The Bertz CT molecular complexity index is 836. The second-order valence-electron chi connectivity index (χ2n) is 9.38. The number of hydrogen-bond donors (Lipinski definition) is 0. The third kappa shape index (κ3) is 3.35. The number of sulfonamides is 1. The number of piperazine rings is 1. The van der Waals surface area contributed by atoms with E-state index in [4.69, 9.17) is 9.47 Å². The molecule has 1 aromatic rings. The molecule has 1 aliphatic heterocycles. The molecule has 4 bridgehead atoms. The molecule has 0 unspecified atom stereocenters. The van der Waals surface area contributed by atoms with Gasteiger partial charge in [0.05, 0.1) is 14.2 Å². The average molecular weight is 421 g/mol. The van der Waals surface area contributed by atoms with Gasteiger partial charge in [-0.1, -0.05) is 0 Å². The van der Waals surface area contributed by atoms with Crippen molar-refractivity contribution in [2.45, 2.75) is 43.0 Å². The lowest BCUT2D eigenvalue weighted by Gasteiger charge is -2.58. The molecule has 5 fully saturated rings. The van der Waals surface area contributed by atoms with Crippen molar-refractivity contribution in [3.05, 3.63) is 18.2 Å². The van der Waals surface area contributed by atoms with Crippen molar-refractivity contribution in [2.75, 3.05) is 40.4 Å². The van der Waals surface area contributed by atoms with Crippen LogP contribution < -0.4 is 9.47 Å². The zero-order valence-corrected chi connectivity index (χ0v) is 18.2. The van der Waals surface area contributed by atoms with E-state index in [-0.39, 0.29) is 4.90 Å². The predicted octanol–water partition coefficient (Wildman–Crippen LogP) is 2.83. The first-order valence-corrected chi connectivity index (χ1v) is 12.4. The Kier molecular flexibility index (Phi) is 5.03. The Balaban J connectivity index is 1.31. The van der Waals surface area contributed by atoms with E-state index in [9.17, 15) is 8.42 Å². The summed E-state index contributed by atoms with van der Waals surface area (Å²) in [6.45, 7) is 2.76. The molecule has 1 heterocycles. The van der Waals surface area contributed by atoms with Crippen LogP contribution in [0.15, 0.2) is 23.1 Å². The van der Waals surface area contributed by atoms with Crippen molar-refractivity contribution in [3.8, 4) is 11.5 Å². The molecule has 0 radical (unpaired) electrons. The fourth-order valence-corrected chi connectivity index (χ4v) is 8.45. The fraction of sp³-hybridized carbons (Fsp3) is 0.727. The zero-order valence-electron chi connectivity index (χ0n) is 17.4. The molecule has 29 heavy (non-hydrogen) atoms. The van der Waals surface area contributed by atoms with Crippen LogP contribution in [-0.4, -0.2) is 64.1 Å². The van der Waals surface area contributed by atoms with Crippen molar-refractivity contribution >= 4 is 10.0 Å². The van der Waals surface area contributed by atoms with E-state index in [2.05, 4.69) is 4.90 Å². The van der Waals surface area contributed by atoms with E-state index < -0.39 is 10.0 Å². The van der Waals surface area contributed by atoms with Crippen molar-refractivity contribution in [3.63, 3.8) is 0 Å². The van der Waals surface area contributed by atoms with Crippen LogP contribution in [0.5, 0.6) is 11.5 Å². The summed E-state index contributed by atoms with van der Waals surface area (Å²) in [6, 6.07) is 5.64. The lowest BCUT2D eigenvalue weighted by atomic mass is 9.54. The highest BCUT2D eigenvalue weighted by molar-refractivity contribution is 7.89. The number of rotatable bonds is 5. The smallest absolute Gasteiger partial charge is 0.246 e. The Morgan fingerprint density at radius 1 is 0.862 bits per heavy atom. The third-order valence-corrected chi connectivity index (χ3v) is 9.78. The molecule has 0 atom stereocenters. The first-order chi connectivity index (χ1) is 14.0. The summed E-state index contributed by atoms with van der Waals surface area (Å²) in [5.74, 6) is 4.51. The van der Waals surface area contributed by atoms with Crippen LogP contribution in [0.2, 0.25) is 0 Å². The quantitative estimate of drug-likeness (QED) is 0.733. The van der Waals surface area contributed by atoms with E-state index in [0.717, 1.165) is 36.8 Å². The number of ether oxygens (including phenoxy) is 2. The van der Waals surface area contributed by atoms with Gasteiger partial charge in [0, 0.05) is 38.3 Å². The number of benzene rings is 1. The minimum atomic E-state index is -3.61. The Labute approximate surface area is 174 Å². The summed E-state index contributed by atoms with van der Waals surface area (Å²) in [7, 11) is -0.561. The topological polar surface area (TPSA) is 59.1 Å². The highest BCUT2D eigenvalue weighted by Crippen LogP contribution is 2.55. The van der Waals surface area contributed by atoms with Gasteiger partial charge in [0.15, 0.2) is 0 Å². The lowest BCUT2D eigenvalue weighted by molar-refractivity contribution is -0.0720. The molecule has 6 rings (SSSR count). The van der Waals surface area contributed by atoms with Crippen LogP contribution in [-0.2, 0) is 10.0 Å². The molecule has 0 aromatic heterocycles. The van der Waals surface area contributed by atoms with Gasteiger partial charge in [-0.15, -0.1) is 0 Å². The molecular formula is C22H32N2O4S. The SMILES string of the molecule is COc1ccc(OC)c(S(=O)(=O)N2CCN(C3C4CC5CC(C4)CC3C5)CC2)c1. The molecule has 0 spiro atoms. The van der Waals surface area contributed by atoms with Crippen molar-refractivity contribution in [1.82, 2.24) is 9.21 Å². The van der Waals surface area contributed by atoms with E-state index in [1.54, 1.807) is 29.6 Å². The second-order valence-corrected chi connectivity index (χ2v) is 11.3. The van der Waals surface area contributed by atoms with E-state index >= 15 is 0 Å². The van der Waals surface area contributed by atoms with Crippen LogP contribution in [0.1, 0.15) is 32.1 Å². The minimum absolute atomic E-state index is 0.197. The van der Waals surface area contributed by atoms with E-state index in [1.807, 2.05) is 0 Å². The van der Waals surface area contributed by atoms with Gasteiger partial charge in [0.25, 0.3) is 0 Å². The summed E-state index contributed by atoms with van der Waals surface area (Å²) < 4.78 is 38.9. The Morgan fingerprint density at radius 3 is 2.03 bits per heavy atom. The highest BCUT2D eigenvalue weighted by atomic mass is 32.2. The van der Waals surface area contributed by atoms with Gasteiger partial charge in [0.2, 0.25) is 10.0 Å². The van der Waals surface area contributed by atoms with Gasteiger partial charge in [-0.25, -0.2) is 8.42 Å². The molecule has 1 aromatic carbocycles.